The van der Waals surface area contributed by atoms with Crippen molar-refractivity contribution >= 4 is 0 Å². The second-order valence-corrected chi connectivity index (χ2v) is 13.8. The average molecular weight is 599 g/mol. The number of unbranched alkanes of at least 4 members (excludes halogenated alkanes) is 8. The summed E-state index contributed by atoms with van der Waals surface area (Å²) in [6, 6.07) is 33.7. The zero-order chi connectivity index (χ0) is 31.5. The minimum atomic E-state index is 0.0812. The first-order valence-corrected chi connectivity index (χ1v) is 18.6. The van der Waals surface area contributed by atoms with E-state index in [9.17, 15) is 0 Å². The third-order valence-electron chi connectivity index (χ3n) is 10.4. The molecule has 0 heteroatoms. The molecule has 1 aliphatic carbocycles. The number of hydrogen-bond acceptors (Lipinski definition) is 0. The van der Waals surface area contributed by atoms with E-state index in [2.05, 4.69) is 113 Å². The van der Waals surface area contributed by atoms with E-state index in [1.54, 1.807) is 11.1 Å². The Labute approximate surface area is 275 Å². The molecule has 0 fully saturated rings. The van der Waals surface area contributed by atoms with Gasteiger partial charge < -0.3 is 0 Å². The van der Waals surface area contributed by atoms with Gasteiger partial charge in [0, 0.05) is 5.41 Å². The highest BCUT2D eigenvalue weighted by Gasteiger charge is 2.42. The minimum Gasteiger partial charge on any atom is -0.0654 e. The molecule has 0 nitrogen and oxygen atoms in total. The lowest BCUT2D eigenvalue weighted by Gasteiger charge is -2.33. The Morgan fingerprint density at radius 2 is 0.822 bits per heavy atom. The fourth-order valence-corrected chi connectivity index (χ4v) is 7.80. The Bertz CT molecular complexity index is 1390. The third kappa shape index (κ3) is 7.82. The molecule has 0 atom stereocenters. The van der Waals surface area contributed by atoms with Crippen LogP contribution >= 0.6 is 0 Å². The van der Waals surface area contributed by atoms with Crippen molar-refractivity contribution in [2.24, 2.45) is 0 Å². The Hall–Kier alpha value is -3.12. The molecule has 0 radical (unpaired) electrons. The Morgan fingerprint density at radius 3 is 1.24 bits per heavy atom. The maximum Gasteiger partial charge on any atom is 0.0215 e. The van der Waals surface area contributed by atoms with Crippen molar-refractivity contribution in [3.63, 3.8) is 0 Å². The number of aryl methyl sites for hydroxylation is 2. The normalized spacial score (nSPS) is 13.2. The molecule has 4 aromatic carbocycles. The van der Waals surface area contributed by atoms with Gasteiger partial charge in [-0.2, -0.15) is 0 Å². The van der Waals surface area contributed by atoms with Crippen molar-refractivity contribution in [2.75, 3.05) is 0 Å². The van der Waals surface area contributed by atoms with Crippen LogP contribution in [0.2, 0.25) is 0 Å². The monoisotopic (exact) mass is 598 g/mol. The fourth-order valence-electron chi connectivity index (χ4n) is 7.80. The standard InChI is InChI=1S/C45H58/c1-5-9-13-15-29-45(30-16-14-10-6-2)43-33-39(37-23-17-21-35(31-37)19-11-7-3)25-27-41(43)42-28-26-40(34-44(42)45)38-24-18-22-36(32-38)20-12-8-4/h17-18,21-28,31-34H,5-16,19-20,29-30H2,1-4H3. The second-order valence-electron chi connectivity index (χ2n) is 13.8. The molecule has 0 spiro atoms. The highest BCUT2D eigenvalue weighted by atomic mass is 14.5. The summed E-state index contributed by atoms with van der Waals surface area (Å²) in [5.41, 5.74) is 14.7. The van der Waals surface area contributed by atoms with Gasteiger partial charge in [0.05, 0.1) is 0 Å². The summed E-state index contributed by atoms with van der Waals surface area (Å²) in [5.74, 6) is 0. The highest BCUT2D eigenvalue weighted by Crippen LogP contribution is 2.55. The Balaban J connectivity index is 1.61. The molecule has 0 bridgehead atoms. The minimum absolute atomic E-state index is 0.0812. The molecular formula is C45H58. The van der Waals surface area contributed by atoms with E-state index in [0.717, 1.165) is 0 Å². The number of benzene rings is 4. The molecule has 0 aliphatic heterocycles. The van der Waals surface area contributed by atoms with E-state index in [0.29, 0.717) is 0 Å². The quantitative estimate of drug-likeness (QED) is 0.0999. The molecule has 45 heavy (non-hydrogen) atoms. The zero-order valence-electron chi connectivity index (χ0n) is 28.9. The molecule has 4 aromatic rings. The molecule has 0 N–H and O–H groups in total. The summed E-state index contributed by atoms with van der Waals surface area (Å²) in [5, 5.41) is 0. The SMILES string of the molecule is CCCCCCC1(CCCCCC)c2cc(-c3cccc(CCCC)c3)ccc2-c2ccc(-c3cccc(CCCC)c3)cc21. The average Bonchev–Trinajstić information content (AvgIpc) is 3.35. The van der Waals surface area contributed by atoms with E-state index in [4.69, 9.17) is 0 Å². The molecule has 0 amide bonds. The van der Waals surface area contributed by atoms with Crippen molar-refractivity contribution in [1.82, 2.24) is 0 Å². The second kappa shape index (κ2) is 16.4. The molecular weight excluding hydrogens is 540 g/mol. The van der Waals surface area contributed by atoms with Crippen LogP contribution < -0.4 is 0 Å². The summed E-state index contributed by atoms with van der Waals surface area (Å²) in [6.07, 6.45) is 20.3. The molecule has 0 unspecified atom stereocenters. The van der Waals surface area contributed by atoms with Gasteiger partial charge in [0.1, 0.15) is 0 Å². The molecule has 1 aliphatic rings. The number of fused-ring (bicyclic) bond motifs is 3. The largest absolute Gasteiger partial charge is 0.0654 e. The van der Waals surface area contributed by atoms with Gasteiger partial charge in [0.25, 0.3) is 0 Å². The van der Waals surface area contributed by atoms with Crippen molar-refractivity contribution in [1.29, 1.82) is 0 Å². The predicted octanol–water partition coefficient (Wildman–Crippen LogP) is 13.9. The van der Waals surface area contributed by atoms with Crippen LogP contribution in [0.15, 0.2) is 84.9 Å². The maximum atomic E-state index is 2.61. The van der Waals surface area contributed by atoms with E-state index >= 15 is 0 Å². The van der Waals surface area contributed by atoms with E-state index in [-0.39, 0.29) is 5.41 Å². The molecule has 238 valence electrons. The van der Waals surface area contributed by atoms with Gasteiger partial charge in [0.15, 0.2) is 0 Å². The maximum absolute atomic E-state index is 2.61. The number of rotatable bonds is 18. The first-order valence-electron chi connectivity index (χ1n) is 18.6. The first-order chi connectivity index (χ1) is 22.1. The van der Waals surface area contributed by atoms with E-state index in [1.165, 1.54) is 147 Å². The van der Waals surface area contributed by atoms with Crippen molar-refractivity contribution in [3.05, 3.63) is 107 Å². The van der Waals surface area contributed by atoms with Gasteiger partial charge in [-0.1, -0.05) is 165 Å². The van der Waals surface area contributed by atoms with Gasteiger partial charge in [-0.3, -0.25) is 0 Å². The summed E-state index contributed by atoms with van der Waals surface area (Å²) in [4.78, 5) is 0. The van der Waals surface area contributed by atoms with Gasteiger partial charge in [-0.15, -0.1) is 0 Å². The summed E-state index contributed by atoms with van der Waals surface area (Å²) < 4.78 is 0. The van der Waals surface area contributed by atoms with Crippen LogP contribution in [-0.2, 0) is 18.3 Å². The van der Waals surface area contributed by atoms with Crippen LogP contribution in [0.25, 0.3) is 33.4 Å². The molecule has 0 saturated heterocycles. The van der Waals surface area contributed by atoms with Crippen LogP contribution in [0.3, 0.4) is 0 Å². The topological polar surface area (TPSA) is 0 Å². The van der Waals surface area contributed by atoms with Crippen LogP contribution in [0.1, 0.15) is 140 Å². The first kappa shape index (κ1) is 33.2. The smallest absolute Gasteiger partial charge is 0.0215 e. The lowest BCUT2D eigenvalue weighted by atomic mass is 9.70. The third-order valence-corrected chi connectivity index (χ3v) is 10.4. The van der Waals surface area contributed by atoms with Crippen LogP contribution in [0.5, 0.6) is 0 Å². The van der Waals surface area contributed by atoms with Crippen molar-refractivity contribution in [3.8, 4) is 33.4 Å². The van der Waals surface area contributed by atoms with Gasteiger partial charge in [-0.05, 0) is 106 Å². The molecule has 0 heterocycles. The van der Waals surface area contributed by atoms with Gasteiger partial charge >= 0.3 is 0 Å². The molecule has 5 rings (SSSR count). The highest BCUT2D eigenvalue weighted by molar-refractivity contribution is 5.86. The summed E-state index contributed by atoms with van der Waals surface area (Å²) >= 11 is 0. The van der Waals surface area contributed by atoms with Gasteiger partial charge in [0.2, 0.25) is 0 Å². The summed E-state index contributed by atoms with van der Waals surface area (Å²) in [7, 11) is 0. The number of hydrogen-bond donors (Lipinski definition) is 0. The Morgan fingerprint density at radius 1 is 0.400 bits per heavy atom. The van der Waals surface area contributed by atoms with Crippen LogP contribution in [0, 0.1) is 0 Å². The van der Waals surface area contributed by atoms with E-state index < -0.39 is 0 Å². The molecule has 0 saturated carbocycles. The Kier molecular flexibility index (Phi) is 12.1. The van der Waals surface area contributed by atoms with E-state index in [1.807, 2.05) is 0 Å². The summed E-state index contributed by atoms with van der Waals surface area (Å²) in [6.45, 7) is 9.25. The lowest BCUT2D eigenvalue weighted by Crippen LogP contribution is -2.25. The van der Waals surface area contributed by atoms with Crippen molar-refractivity contribution < 1.29 is 0 Å². The predicted molar refractivity (Wildman–Crippen MR) is 198 cm³/mol. The lowest BCUT2D eigenvalue weighted by molar-refractivity contribution is 0.401. The van der Waals surface area contributed by atoms with Gasteiger partial charge in [-0.25, -0.2) is 0 Å². The van der Waals surface area contributed by atoms with Crippen molar-refractivity contribution in [2.45, 2.75) is 136 Å². The molecule has 0 aromatic heterocycles. The van der Waals surface area contributed by atoms with Crippen LogP contribution in [0.4, 0.5) is 0 Å². The van der Waals surface area contributed by atoms with Crippen LogP contribution in [-0.4, -0.2) is 0 Å². The fraction of sp³-hybridized carbons (Fsp3) is 0.467. The zero-order valence-corrected chi connectivity index (χ0v) is 28.9.